The van der Waals surface area contributed by atoms with Crippen molar-refractivity contribution in [1.29, 1.82) is 0 Å². The number of hydrogen-bond donors (Lipinski definition) is 0. The van der Waals surface area contributed by atoms with Crippen molar-refractivity contribution in [2.75, 3.05) is 14.1 Å². The van der Waals surface area contributed by atoms with E-state index in [9.17, 15) is 9.59 Å². The van der Waals surface area contributed by atoms with Gasteiger partial charge in [0.15, 0.2) is 6.10 Å². The summed E-state index contributed by atoms with van der Waals surface area (Å²) in [5.41, 5.74) is 3.38. The fraction of sp³-hybridized carbons (Fsp3) is 0.450. The van der Waals surface area contributed by atoms with Gasteiger partial charge in [-0.2, -0.15) is 0 Å². The van der Waals surface area contributed by atoms with Crippen LogP contribution in [0.1, 0.15) is 47.8 Å². The van der Waals surface area contributed by atoms with Crippen LogP contribution < -0.4 is 0 Å². The highest BCUT2D eigenvalue weighted by Gasteiger charge is 2.26. The zero-order valence-corrected chi connectivity index (χ0v) is 15.0. The van der Waals surface area contributed by atoms with Crippen molar-refractivity contribution in [2.24, 2.45) is 0 Å². The summed E-state index contributed by atoms with van der Waals surface area (Å²) in [4.78, 5) is 31.2. The fourth-order valence-corrected chi connectivity index (χ4v) is 3.42. The molecule has 0 unspecified atom stereocenters. The van der Waals surface area contributed by atoms with E-state index in [1.807, 2.05) is 24.3 Å². The predicted octanol–water partition coefficient (Wildman–Crippen LogP) is 3.14. The van der Waals surface area contributed by atoms with E-state index in [0.717, 1.165) is 54.3 Å². The maximum Gasteiger partial charge on any atom is 0.339 e. The van der Waals surface area contributed by atoms with Gasteiger partial charge >= 0.3 is 5.97 Å². The van der Waals surface area contributed by atoms with Crippen LogP contribution in [0.15, 0.2) is 24.3 Å². The third-order valence-corrected chi connectivity index (χ3v) is 4.70. The van der Waals surface area contributed by atoms with E-state index in [0.29, 0.717) is 5.56 Å². The molecule has 1 aliphatic rings. The van der Waals surface area contributed by atoms with Crippen LogP contribution in [0.25, 0.3) is 10.9 Å². The van der Waals surface area contributed by atoms with Gasteiger partial charge in [0.05, 0.1) is 11.1 Å². The smallest absolute Gasteiger partial charge is 0.339 e. The number of carbonyl (C=O) groups is 2. The van der Waals surface area contributed by atoms with Crippen LogP contribution in [0.2, 0.25) is 0 Å². The Labute approximate surface area is 148 Å². The molecule has 132 valence electrons. The number of esters is 1. The van der Waals surface area contributed by atoms with Crippen LogP contribution in [0.5, 0.6) is 0 Å². The Bertz CT molecular complexity index is 814. The van der Waals surface area contributed by atoms with Crippen molar-refractivity contribution < 1.29 is 14.3 Å². The van der Waals surface area contributed by atoms with Gasteiger partial charge in [0.2, 0.25) is 0 Å². The van der Waals surface area contributed by atoms with E-state index < -0.39 is 12.1 Å². The first-order valence-corrected chi connectivity index (χ1v) is 8.81. The van der Waals surface area contributed by atoms with E-state index >= 15 is 0 Å². The summed E-state index contributed by atoms with van der Waals surface area (Å²) in [6.45, 7) is 1.61. The molecule has 1 aromatic carbocycles. The van der Waals surface area contributed by atoms with Crippen LogP contribution in [0.3, 0.4) is 0 Å². The third kappa shape index (κ3) is 3.50. The van der Waals surface area contributed by atoms with Crippen molar-refractivity contribution >= 4 is 22.8 Å². The maximum atomic E-state index is 13.0. The number of nitrogens with zero attached hydrogens (tertiary/aromatic N) is 2. The van der Waals surface area contributed by atoms with E-state index in [2.05, 4.69) is 0 Å². The number of likely N-dealkylation sites (N-methyl/N-ethyl adjacent to an activating group) is 1. The minimum absolute atomic E-state index is 0.224. The summed E-state index contributed by atoms with van der Waals surface area (Å²) in [5, 5.41) is 0.803. The first kappa shape index (κ1) is 17.4. The number of para-hydroxylation sites is 1. The highest BCUT2D eigenvalue weighted by molar-refractivity contribution is 6.05. The predicted molar refractivity (Wildman–Crippen MR) is 96.6 cm³/mol. The van der Waals surface area contributed by atoms with E-state index in [-0.39, 0.29) is 5.91 Å². The molecule has 1 aliphatic carbocycles. The van der Waals surface area contributed by atoms with Crippen LogP contribution in [0.4, 0.5) is 0 Å². The Hall–Kier alpha value is -2.43. The van der Waals surface area contributed by atoms with Crippen LogP contribution in [0, 0.1) is 0 Å². The van der Waals surface area contributed by atoms with E-state index in [4.69, 9.17) is 9.72 Å². The molecular weight excluding hydrogens is 316 g/mol. The molecule has 1 amide bonds. The first-order chi connectivity index (χ1) is 12.0. The van der Waals surface area contributed by atoms with Gasteiger partial charge in [0.1, 0.15) is 0 Å². The zero-order valence-electron chi connectivity index (χ0n) is 15.0. The topological polar surface area (TPSA) is 59.5 Å². The highest BCUT2D eigenvalue weighted by Crippen LogP contribution is 2.29. The monoisotopic (exact) mass is 340 g/mol. The third-order valence-electron chi connectivity index (χ3n) is 4.70. The SMILES string of the molecule is C[C@@H](OC(=O)c1c2c(nc3ccccc13)CCCCC2)C(=O)N(C)C. The van der Waals surface area contributed by atoms with Gasteiger partial charge in [0, 0.05) is 25.2 Å². The van der Waals surface area contributed by atoms with Crippen LogP contribution in [-0.4, -0.2) is 42.0 Å². The summed E-state index contributed by atoms with van der Waals surface area (Å²) in [7, 11) is 3.31. The van der Waals surface area contributed by atoms with E-state index in [1.165, 1.54) is 4.90 Å². The molecule has 25 heavy (non-hydrogen) atoms. The lowest BCUT2D eigenvalue weighted by Crippen LogP contribution is -2.35. The Kier molecular flexibility index (Phi) is 5.02. The standard InChI is InChI=1S/C20H24N2O3/c1-13(19(23)22(2)3)25-20(24)18-14-9-5-4-6-11-16(14)21-17-12-8-7-10-15(17)18/h7-8,10,12-13H,4-6,9,11H2,1-3H3/t13-/m1/s1. The number of amides is 1. The van der Waals surface area contributed by atoms with Crippen molar-refractivity contribution in [3.8, 4) is 0 Å². The lowest BCUT2D eigenvalue weighted by molar-refractivity contribution is -0.137. The molecule has 0 saturated heterocycles. The van der Waals surface area contributed by atoms with E-state index in [1.54, 1.807) is 21.0 Å². The minimum atomic E-state index is -0.809. The van der Waals surface area contributed by atoms with Gasteiger partial charge in [-0.25, -0.2) is 4.79 Å². The first-order valence-electron chi connectivity index (χ1n) is 8.81. The molecule has 5 heteroatoms. The van der Waals surface area contributed by atoms with Crippen molar-refractivity contribution in [1.82, 2.24) is 9.88 Å². The molecule has 1 atom stereocenters. The molecule has 0 aliphatic heterocycles. The molecule has 0 saturated carbocycles. The average Bonchev–Trinajstić information content (AvgIpc) is 2.83. The zero-order chi connectivity index (χ0) is 18.0. The molecule has 0 spiro atoms. The quantitative estimate of drug-likeness (QED) is 0.636. The Balaban J connectivity index is 2.06. The highest BCUT2D eigenvalue weighted by atomic mass is 16.5. The molecule has 2 aromatic rings. The normalized spacial score (nSPS) is 15.2. The Morgan fingerprint density at radius 3 is 2.60 bits per heavy atom. The second-order valence-corrected chi connectivity index (χ2v) is 6.77. The molecule has 0 radical (unpaired) electrons. The molecule has 0 bridgehead atoms. The maximum absolute atomic E-state index is 13.0. The second-order valence-electron chi connectivity index (χ2n) is 6.77. The molecule has 1 heterocycles. The number of hydrogen-bond acceptors (Lipinski definition) is 4. The number of carbonyl (C=O) groups excluding carboxylic acids is 2. The van der Waals surface area contributed by atoms with Crippen LogP contribution >= 0.6 is 0 Å². The molecule has 0 N–H and O–H groups in total. The van der Waals surface area contributed by atoms with Gasteiger partial charge in [-0.1, -0.05) is 24.6 Å². The second kappa shape index (κ2) is 7.21. The summed E-state index contributed by atoms with van der Waals surface area (Å²) in [6, 6.07) is 7.65. The average molecular weight is 340 g/mol. The molecular formula is C20H24N2O3. The summed E-state index contributed by atoms with van der Waals surface area (Å²) >= 11 is 0. The number of rotatable bonds is 3. The van der Waals surface area contributed by atoms with Gasteiger partial charge in [-0.15, -0.1) is 0 Å². The van der Waals surface area contributed by atoms with Crippen molar-refractivity contribution in [2.45, 2.75) is 45.1 Å². The molecule has 5 nitrogen and oxygen atoms in total. The van der Waals surface area contributed by atoms with Crippen molar-refractivity contribution in [3.63, 3.8) is 0 Å². The molecule has 3 rings (SSSR count). The summed E-state index contributed by atoms with van der Waals surface area (Å²) < 4.78 is 5.52. The molecule has 0 fully saturated rings. The Morgan fingerprint density at radius 2 is 1.84 bits per heavy atom. The Morgan fingerprint density at radius 1 is 1.12 bits per heavy atom. The summed E-state index contributed by atoms with van der Waals surface area (Å²) in [5.74, 6) is -0.655. The number of ether oxygens (including phenoxy) is 1. The fourth-order valence-electron chi connectivity index (χ4n) is 3.42. The lowest BCUT2D eigenvalue weighted by atomic mass is 9.97. The molecule has 1 aromatic heterocycles. The largest absolute Gasteiger partial charge is 0.449 e. The van der Waals surface area contributed by atoms with Gasteiger partial charge < -0.3 is 9.64 Å². The van der Waals surface area contributed by atoms with Crippen molar-refractivity contribution in [3.05, 3.63) is 41.1 Å². The van der Waals surface area contributed by atoms with Gasteiger partial charge in [0.25, 0.3) is 5.91 Å². The van der Waals surface area contributed by atoms with Gasteiger partial charge in [-0.05, 0) is 44.2 Å². The summed E-state index contributed by atoms with van der Waals surface area (Å²) in [6.07, 6.45) is 4.16. The number of pyridine rings is 1. The number of aryl methyl sites for hydroxylation is 1. The number of benzene rings is 1. The van der Waals surface area contributed by atoms with Crippen LogP contribution in [-0.2, 0) is 22.4 Å². The minimum Gasteiger partial charge on any atom is -0.449 e. The number of fused-ring (bicyclic) bond motifs is 2. The lowest BCUT2D eigenvalue weighted by Gasteiger charge is -2.19. The number of aromatic nitrogens is 1. The van der Waals surface area contributed by atoms with Gasteiger partial charge in [-0.3, -0.25) is 9.78 Å².